The Morgan fingerprint density at radius 1 is 1.29 bits per heavy atom. The van der Waals surface area contributed by atoms with E-state index in [0.717, 1.165) is 17.7 Å². The van der Waals surface area contributed by atoms with E-state index in [1.165, 1.54) is 5.56 Å². The molecule has 14 heavy (non-hydrogen) atoms. The molecule has 0 bridgehead atoms. The molecular formula is C11H12N2O. The zero-order valence-corrected chi connectivity index (χ0v) is 8.03. The largest absolute Gasteiger partial charge is 0.368 e. The normalized spacial score (nSPS) is 10.4. The summed E-state index contributed by atoms with van der Waals surface area (Å²) in [4.78, 5) is 0. The summed E-state index contributed by atoms with van der Waals surface area (Å²) in [6.07, 6.45) is 1.04. The second kappa shape index (κ2) is 3.54. The quantitative estimate of drug-likeness (QED) is 0.787. The first-order valence-corrected chi connectivity index (χ1v) is 4.61. The van der Waals surface area contributed by atoms with Crippen LogP contribution in [0.4, 0.5) is 5.88 Å². The highest BCUT2D eigenvalue weighted by Gasteiger charge is 2.03. The molecule has 1 heterocycles. The van der Waals surface area contributed by atoms with Crippen LogP contribution in [0.25, 0.3) is 11.3 Å². The first kappa shape index (κ1) is 8.81. The molecule has 0 radical (unpaired) electrons. The molecule has 0 amide bonds. The van der Waals surface area contributed by atoms with Gasteiger partial charge in [-0.1, -0.05) is 36.3 Å². The lowest BCUT2D eigenvalue weighted by molar-refractivity contribution is 0.439. The fourth-order valence-electron chi connectivity index (χ4n) is 1.34. The Labute approximate surface area is 82.5 Å². The first-order valence-electron chi connectivity index (χ1n) is 4.61. The molecular weight excluding hydrogens is 176 g/mol. The van der Waals surface area contributed by atoms with Crippen molar-refractivity contribution in [1.82, 2.24) is 5.16 Å². The van der Waals surface area contributed by atoms with E-state index in [4.69, 9.17) is 10.3 Å². The van der Waals surface area contributed by atoms with Gasteiger partial charge in [-0.05, 0) is 12.0 Å². The standard InChI is InChI=1S/C11H12N2O/c1-2-8-3-5-9(6-4-8)10-7-11(12)14-13-10/h3-7H,2,12H2,1H3. The summed E-state index contributed by atoms with van der Waals surface area (Å²) in [5, 5.41) is 3.84. The lowest BCUT2D eigenvalue weighted by Gasteiger charge is -1.97. The van der Waals surface area contributed by atoms with Crippen LogP contribution in [-0.2, 0) is 6.42 Å². The van der Waals surface area contributed by atoms with E-state index in [-0.39, 0.29) is 0 Å². The molecule has 3 nitrogen and oxygen atoms in total. The Morgan fingerprint density at radius 2 is 2.00 bits per heavy atom. The molecule has 0 fully saturated rings. The van der Waals surface area contributed by atoms with Gasteiger partial charge in [-0.25, -0.2) is 0 Å². The van der Waals surface area contributed by atoms with E-state index < -0.39 is 0 Å². The number of hydrogen-bond donors (Lipinski definition) is 1. The lowest BCUT2D eigenvalue weighted by atomic mass is 10.1. The number of benzene rings is 1. The molecule has 2 aromatic rings. The van der Waals surface area contributed by atoms with Gasteiger partial charge in [-0.15, -0.1) is 0 Å². The number of anilines is 1. The van der Waals surface area contributed by atoms with Crippen LogP contribution in [0.3, 0.4) is 0 Å². The van der Waals surface area contributed by atoms with E-state index in [2.05, 4.69) is 24.2 Å². The Bertz CT molecular complexity index is 417. The monoisotopic (exact) mass is 188 g/mol. The summed E-state index contributed by atoms with van der Waals surface area (Å²) in [5.41, 5.74) is 8.57. The molecule has 0 saturated heterocycles. The summed E-state index contributed by atoms with van der Waals surface area (Å²) in [7, 11) is 0. The molecule has 1 aromatic heterocycles. The highest BCUT2D eigenvalue weighted by Crippen LogP contribution is 2.20. The molecule has 2 rings (SSSR count). The van der Waals surface area contributed by atoms with Crippen molar-refractivity contribution < 1.29 is 4.52 Å². The van der Waals surface area contributed by atoms with Gasteiger partial charge < -0.3 is 10.3 Å². The lowest BCUT2D eigenvalue weighted by Crippen LogP contribution is -1.81. The van der Waals surface area contributed by atoms with E-state index in [9.17, 15) is 0 Å². The van der Waals surface area contributed by atoms with Crippen LogP contribution in [0.1, 0.15) is 12.5 Å². The minimum atomic E-state index is 0.347. The van der Waals surface area contributed by atoms with Gasteiger partial charge in [0.25, 0.3) is 0 Å². The van der Waals surface area contributed by atoms with Gasteiger partial charge in [0.15, 0.2) is 0 Å². The highest BCUT2D eigenvalue weighted by molar-refractivity contribution is 5.61. The Kier molecular flexibility index (Phi) is 2.23. The topological polar surface area (TPSA) is 52.0 Å². The number of rotatable bonds is 2. The third-order valence-electron chi connectivity index (χ3n) is 2.19. The summed E-state index contributed by atoms with van der Waals surface area (Å²) >= 11 is 0. The average molecular weight is 188 g/mol. The van der Waals surface area contributed by atoms with Crippen LogP contribution in [-0.4, -0.2) is 5.16 Å². The number of nitrogen functional groups attached to an aromatic ring is 1. The van der Waals surface area contributed by atoms with Crippen LogP contribution in [0.15, 0.2) is 34.9 Å². The molecule has 0 saturated carbocycles. The van der Waals surface area contributed by atoms with Gasteiger partial charge in [0, 0.05) is 11.6 Å². The molecule has 0 aliphatic heterocycles. The Balaban J connectivity index is 2.33. The van der Waals surface area contributed by atoms with Crippen molar-refractivity contribution in [2.45, 2.75) is 13.3 Å². The maximum Gasteiger partial charge on any atom is 0.222 e. The minimum absolute atomic E-state index is 0.347. The van der Waals surface area contributed by atoms with Crippen LogP contribution in [0, 0.1) is 0 Å². The predicted octanol–water partition coefficient (Wildman–Crippen LogP) is 2.49. The van der Waals surface area contributed by atoms with Crippen molar-refractivity contribution in [1.29, 1.82) is 0 Å². The molecule has 0 spiro atoms. The Morgan fingerprint density at radius 3 is 2.50 bits per heavy atom. The van der Waals surface area contributed by atoms with Crippen LogP contribution >= 0.6 is 0 Å². The number of nitrogens with zero attached hydrogens (tertiary/aromatic N) is 1. The molecule has 0 aliphatic carbocycles. The molecule has 0 atom stereocenters. The average Bonchev–Trinajstić information content (AvgIpc) is 2.65. The number of nitrogens with two attached hydrogens (primary N) is 1. The zero-order valence-electron chi connectivity index (χ0n) is 8.03. The van der Waals surface area contributed by atoms with Crippen molar-refractivity contribution in [3.05, 3.63) is 35.9 Å². The number of aryl methyl sites for hydroxylation is 1. The second-order valence-corrected chi connectivity index (χ2v) is 3.16. The molecule has 2 N–H and O–H groups in total. The molecule has 1 aromatic carbocycles. The van der Waals surface area contributed by atoms with Crippen molar-refractivity contribution in [3.63, 3.8) is 0 Å². The molecule has 72 valence electrons. The fraction of sp³-hybridized carbons (Fsp3) is 0.182. The predicted molar refractivity (Wildman–Crippen MR) is 55.7 cm³/mol. The third-order valence-corrected chi connectivity index (χ3v) is 2.19. The zero-order chi connectivity index (χ0) is 9.97. The maximum atomic E-state index is 5.44. The smallest absolute Gasteiger partial charge is 0.222 e. The summed E-state index contributed by atoms with van der Waals surface area (Å²) in [6.45, 7) is 2.13. The van der Waals surface area contributed by atoms with E-state index >= 15 is 0 Å². The van der Waals surface area contributed by atoms with Gasteiger partial charge >= 0.3 is 0 Å². The van der Waals surface area contributed by atoms with E-state index in [1.54, 1.807) is 6.07 Å². The van der Waals surface area contributed by atoms with Crippen LogP contribution < -0.4 is 5.73 Å². The van der Waals surface area contributed by atoms with E-state index in [1.807, 2.05) is 12.1 Å². The molecule has 0 aliphatic rings. The molecule has 3 heteroatoms. The van der Waals surface area contributed by atoms with Crippen LogP contribution in [0.5, 0.6) is 0 Å². The summed E-state index contributed by atoms with van der Waals surface area (Å²) < 4.78 is 4.80. The van der Waals surface area contributed by atoms with Crippen molar-refractivity contribution >= 4 is 5.88 Å². The van der Waals surface area contributed by atoms with E-state index in [0.29, 0.717) is 5.88 Å². The SMILES string of the molecule is CCc1ccc(-c2cc(N)on2)cc1. The second-order valence-electron chi connectivity index (χ2n) is 3.16. The Hall–Kier alpha value is -1.77. The van der Waals surface area contributed by atoms with Crippen LogP contribution in [0.2, 0.25) is 0 Å². The first-order chi connectivity index (χ1) is 6.79. The van der Waals surface area contributed by atoms with Crippen molar-refractivity contribution in [3.8, 4) is 11.3 Å². The van der Waals surface area contributed by atoms with Crippen molar-refractivity contribution in [2.75, 3.05) is 5.73 Å². The minimum Gasteiger partial charge on any atom is -0.368 e. The highest BCUT2D eigenvalue weighted by atomic mass is 16.5. The molecule has 0 unspecified atom stereocenters. The van der Waals surface area contributed by atoms with Crippen molar-refractivity contribution in [2.24, 2.45) is 0 Å². The van der Waals surface area contributed by atoms with Gasteiger partial charge in [0.1, 0.15) is 5.69 Å². The maximum absolute atomic E-state index is 5.44. The van der Waals surface area contributed by atoms with Gasteiger partial charge in [-0.2, -0.15) is 0 Å². The number of hydrogen-bond acceptors (Lipinski definition) is 3. The summed E-state index contributed by atoms with van der Waals surface area (Å²) in [5.74, 6) is 0.347. The summed E-state index contributed by atoms with van der Waals surface area (Å²) in [6, 6.07) is 9.94. The van der Waals surface area contributed by atoms with Gasteiger partial charge in [-0.3, -0.25) is 0 Å². The van der Waals surface area contributed by atoms with Gasteiger partial charge in [0.05, 0.1) is 0 Å². The number of aromatic nitrogens is 1. The third kappa shape index (κ3) is 1.62. The fourth-order valence-corrected chi connectivity index (χ4v) is 1.34. The van der Waals surface area contributed by atoms with Gasteiger partial charge in [0.2, 0.25) is 5.88 Å².